The normalized spacial score (nSPS) is 10.5. The third kappa shape index (κ3) is 12.1. The number of halogens is 1. The zero-order valence-electron chi connectivity index (χ0n) is 11.9. The largest absolute Gasteiger partial charge is 1.00 e. The molecule has 0 bridgehead atoms. The monoisotopic (exact) mass is 378 g/mol. The molecule has 0 radical (unpaired) electrons. The second-order valence-electron chi connectivity index (χ2n) is 4.85. The summed E-state index contributed by atoms with van der Waals surface area (Å²) in [5.74, 6) is 0. The standard InChI is InChI=1S/C13H30P.HI.H3P/c1-5-8-11-14(4,12-9-6-2)13-10-7-3;;/h5-13H2,1-4H3;1H;1H3/q+1;;/p-1. The van der Waals surface area contributed by atoms with E-state index in [2.05, 4.69) is 27.4 Å². The number of rotatable bonds is 9. The van der Waals surface area contributed by atoms with Gasteiger partial charge in [0.25, 0.3) is 0 Å². The maximum atomic E-state index is 2.62. The molecule has 0 aliphatic carbocycles. The highest BCUT2D eigenvalue weighted by Gasteiger charge is 2.28. The molecule has 3 heteroatoms. The van der Waals surface area contributed by atoms with Gasteiger partial charge in [0.15, 0.2) is 0 Å². The molecule has 0 fully saturated rings. The molecule has 1 atom stereocenters. The van der Waals surface area contributed by atoms with E-state index in [-0.39, 0.29) is 33.9 Å². The van der Waals surface area contributed by atoms with Gasteiger partial charge < -0.3 is 24.0 Å². The van der Waals surface area contributed by atoms with Crippen LogP contribution in [0.25, 0.3) is 0 Å². The predicted molar refractivity (Wildman–Crippen MR) is 83.3 cm³/mol. The van der Waals surface area contributed by atoms with Crippen molar-refractivity contribution in [1.29, 1.82) is 0 Å². The fourth-order valence-electron chi connectivity index (χ4n) is 1.95. The Balaban J connectivity index is -0.000000845. The second-order valence-corrected chi connectivity index (χ2v) is 9.43. The number of hydrogen-bond acceptors (Lipinski definition) is 0. The minimum atomic E-state index is -0.519. The molecule has 0 saturated heterocycles. The molecule has 0 saturated carbocycles. The summed E-state index contributed by atoms with van der Waals surface area (Å²) < 4.78 is 0. The van der Waals surface area contributed by atoms with E-state index < -0.39 is 7.26 Å². The summed E-state index contributed by atoms with van der Waals surface area (Å²) in [4.78, 5) is 0. The van der Waals surface area contributed by atoms with Gasteiger partial charge in [-0.1, -0.05) is 40.0 Å². The van der Waals surface area contributed by atoms with Crippen LogP contribution in [0.3, 0.4) is 0 Å². The van der Waals surface area contributed by atoms with Crippen LogP contribution in [0.2, 0.25) is 0 Å². The van der Waals surface area contributed by atoms with E-state index in [1.54, 1.807) is 18.5 Å². The molecule has 0 aliphatic rings. The zero-order valence-corrected chi connectivity index (χ0v) is 16.4. The Labute approximate surface area is 125 Å². The van der Waals surface area contributed by atoms with Crippen LogP contribution in [0, 0.1) is 0 Å². The molecule has 0 aromatic carbocycles. The summed E-state index contributed by atoms with van der Waals surface area (Å²) >= 11 is 0. The maximum absolute atomic E-state index is 2.62. The molecule has 0 N–H and O–H groups in total. The summed E-state index contributed by atoms with van der Waals surface area (Å²) in [7, 11) is -0.519. The SMILES string of the molecule is CCCC[P+](C)(CCCC)CCCC.P.[I-]. The van der Waals surface area contributed by atoms with Crippen molar-refractivity contribution in [3.8, 4) is 0 Å². The Morgan fingerprint density at radius 2 is 0.938 bits per heavy atom. The van der Waals surface area contributed by atoms with Crippen molar-refractivity contribution in [3.05, 3.63) is 0 Å². The van der Waals surface area contributed by atoms with Crippen molar-refractivity contribution in [2.24, 2.45) is 0 Å². The van der Waals surface area contributed by atoms with Gasteiger partial charge in [0.05, 0.1) is 18.5 Å². The van der Waals surface area contributed by atoms with Gasteiger partial charge in [-0.3, -0.25) is 0 Å². The highest BCUT2D eigenvalue weighted by atomic mass is 127. The molecular formula is C13H33IP2. The molecule has 16 heavy (non-hydrogen) atoms. The lowest BCUT2D eigenvalue weighted by Crippen LogP contribution is -3.00. The van der Waals surface area contributed by atoms with Gasteiger partial charge in [-0.2, -0.15) is 9.90 Å². The highest BCUT2D eigenvalue weighted by Crippen LogP contribution is 2.57. The van der Waals surface area contributed by atoms with E-state index in [1.807, 2.05) is 0 Å². The summed E-state index contributed by atoms with van der Waals surface area (Å²) in [6.07, 6.45) is 13.2. The topological polar surface area (TPSA) is 0 Å². The van der Waals surface area contributed by atoms with Crippen LogP contribution in [0.15, 0.2) is 0 Å². The lowest BCUT2D eigenvalue weighted by Gasteiger charge is -2.22. The van der Waals surface area contributed by atoms with Crippen molar-refractivity contribution in [2.75, 3.05) is 25.2 Å². The fraction of sp³-hybridized carbons (Fsp3) is 1.00. The molecule has 0 spiro atoms. The van der Waals surface area contributed by atoms with Crippen molar-refractivity contribution < 1.29 is 24.0 Å². The summed E-state index contributed by atoms with van der Waals surface area (Å²) in [5, 5.41) is 0. The van der Waals surface area contributed by atoms with Crippen LogP contribution < -0.4 is 24.0 Å². The summed E-state index contributed by atoms with van der Waals surface area (Å²) in [6, 6.07) is 0. The molecule has 0 amide bonds. The van der Waals surface area contributed by atoms with Crippen LogP contribution in [0.1, 0.15) is 59.3 Å². The molecule has 1 unspecified atom stereocenters. The highest BCUT2D eigenvalue weighted by molar-refractivity contribution is 7.75. The molecule has 0 rings (SSSR count). The summed E-state index contributed by atoms with van der Waals surface area (Å²) in [5.41, 5.74) is 0. The van der Waals surface area contributed by atoms with E-state index in [0.29, 0.717) is 0 Å². The van der Waals surface area contributed by atoms with Crippen LogP contribution in [-0.2, 0) is 0 Å². The van der Waals surface area contributed by atoms with E-state index in [9.17, 15) is 0 Å². The Morgan fingerprint density at radius 1 is 0.688 bits per heavy atom. The lowest BCUT2D eigenvalue weighted by molar-refractivity contribution is -0.00000353. The molecule has 0 aliphatic heterocycles. The molecule has 0 nitrogen and oxygen atoms in total. The van der Waals surface area contributed by atoms with Crippen LogP contribution in [0.5, 0.6) is 0 Å². The summed E-state index contributed by atoms with van der Waals surface area (Å²) in [6.45, 7) is 9.59. The van der Waals surface area contributed by atoms with Gasteiger partial charge in [0.2, 0.25) is 0 Å². The van der Waals surface area contributed by atoms with Crippen LogP contribution in [-0.4, -0.2) is 25.2 Å². The van der Waals surface area contributed by atoms with Crippen LogP contribution in [0.4, 0.5) is 0 Å². The maximum Gasteiger partial charge on any atom is 0.0591 e. The number of unbranched alkanes of at least 4 members (excludes halogenated alkanes) is 3. The molecule has 0 heterocycles. The smallest absolute Gasteiger partial charge is 0.0591 e. The van der Waals surface area contributed by atoms with E-state index in [4.69, 9.17) is 0 Å². The van der Waals surface area contributed by atoms with Gasteiger partial charge in [-0.05, 0) is 19.3 Å². The van der Waals surface area contributed by atoms with Crippen molar-refractivity contribution in [3.63, 3.8) is 0 Å². The van der Waals surface area contributed by atoms with Crippen molar-refractivity contribution in [1.82, 2.24) is 0 Å². The third-order valence-electron chi connectivity index (χ3n) is 3.15. The molecule has 0 aromatic heterocycles. The average molecular weight is 378 g/mol. The van der Waals surface area contributed by atoms with Gasteiger partial charge in [-0.25, -0.2) is 0 Å². The Hall–Kier alpha value is 1.59. The number of hydrogen-bond donors (Lipinski definition) is 0. The fourth-order valence-corrected chi connectivity index (χ4v) is 5.86. The lowest BCUT2D eigenvalue weighted by atomic mass is 10.4. The van der Waals surface area contributed by atoms with Gasteiger partial charge in [0, 0.05) is 13.9 Å². The third-order valence-corrected chi connectivity index (χ3v) is 7.34. The van der Waals surface area contributed by atoms with E-state index in [1.165, 1.54) is 38.5 Å². The van der Waals surface area contributed by atoms with Crippen molar-refractivity contribution in [2.45, 2.75) is 59.3 Å². The van der Waals surface area contributed by atoms with Crippen molar-refractivity contribution >= 4 is 17.2 Å². The first kappa shape index (κ1) is 22.7. The van der Waals surface area contributed by atoms with E-state index >= 15 is 0 Å². The van der Waals surface area contributed by atoms with Gasteiger partial charge in [-0.15, -0.1) is 0 Å². The zero-order chi connectivity index (χ0) is 10.9. The Bertz CT molecular complexity index is 107. The second kappa shape index (κ2) is 14.7. The Morgan fingerprint density at radius 3 is 1.12 bits per heavy atom. The molecular weight excluding hydrogens is 345 g/mol. The minimum Gasteiger partial charge on any atom is -1.00 e. The van der Waals surface area contributed by atoms with Gasteiger partial charge >= 0.3 is 0 Å². The quantitative estimate of drug-likeness (QED) is 0.426. The first-order valence-corrected chi connectivity index (χ1v) is 9.31. The molecule has 102 valence electrons. The minimum absolute atomic E-state index is 0. The van der Waals surface area contributed by atoms with Crippen LogP contribution >= 0.6 is 17.2 Å². The Kier molecular flexibility index (Phi) is 20.8. The predicted octanol–water partition coefficient (Wildman–Crippen LogP) is 2.10. The van der Waals surface area contributed by atoms with Gasteiger partial charge in [0.1, 0.15) is 0 Å². The average Bonchev–Trinajstić information content (AvgIpc) is 2.21. The van der Waals surface area contributed by atoms with E-state index in [0.717, 1.165) is 0 Å². The molecule has 0 aromatic rings. The first-order valence-electron chi connectivity index (χ1n) is 6.52. The first-order chi connectivity index (χ1) is 6.68.